The maximum absolute atomic E-state index is 11.6. The molecule has 0 spiro atoms. The Morgan fingerprint density at radius 1 is 1.15 bits per heavy atom. The van der Waals surface area contributed by atoms with Gasteiger partial charge in [0.15, 0.2) is 5.13 Å². The molecular weight excluding hydrogens is 438 g/mol. The van der Waals surface area contributed by atoms with Crippen molar-refractivity contribution in [3.05, 3.63) is 72.8 Å². The van der Waals surface area contributed by atoms with Crippen molar-refractivity contribution in [3.8, 4) is 0 Å². The Labute approximate surface area is 165 Å². The first-order chi connectivity index (χ1) is 12.5. The number of hydrogen-bond donors (Lipinski definition) is 3. The van der Waals surface area contributed by atoms with Crippen molar-refractivity contribution < 1.29 is 4.92 Å². The van der Waals surface area contributed by atoms with Crippen LogP contribution in [-0.2, 0) is 6.54 Å². The van der Waals surface area contributed by atoms with E-state index >= 15 is 0 Å². The number of nitrogens with zero attached hydrogens (tertiary/aromatic N) is 2. The third-order valence-electron chi connectivity index (χ3n) is 3.83. The molecule has 27 heavy (non-hydrogen) atoms. The lowest BCUT2D eigenvalue weighted by molar-refractivity contribution is -0.384. The summed E-state index contributed by atoms with van der Waals surface area (Å²) in [5.41, 5.74) is 0.0131. The number of rotatable bonds is 4. The van der Waals surface area contributed by atoms with Gasteiger partial charge in [-0.15, -0.1) is 17.0 Å². The molecule has 0 atom stereocenters. The van der Waals surface area contributed by atoms with Crippen LogP contribution in [0.1, 0.15) is 5.56 Å². The summed E-state index contributed by atoms with van der Waals surface area (Å²) in [6, 6.07) is 10.2. The molecule has 3 N–H and O–H groups in total. The highest BCUT2D eigenvalue weighted by atomic mass is 79.9. The predicted octanol–water partition coefficient (Wildman–Crippen LogP) is 2.92. The molecule has 138 valence electrons. The molecule has 4 aromatic rings. The zero-order valence-electron chi connectivity index (χ0n) is 13.5. The summed E-state index contributed by atoms with van der Waals surface area (Å²) >= 11 is 1.45. The average molecular weight is 450 g/mol. The number of non-ortho nitro benzene ring substituents is 1. The number of anilines is 1. The number of nitro groups is 1. The maximum atomic E-state index is 11.6. The number of aromatic amines is 2. The SMILES string of the molecule is Br.O=c1[nH]c2cc([N+](=O)[O-])cc(CNc3nc4ccccc4s3)c2[nH]c1=O. The number of halogens is 1. The molecule has 0 unspecified atom stereocenters. The monoisotopic (exact) mass is 449 g/mol. The van der Waals surface area contributed by atoms with Crippen LogP contribution in [0.25, 0.3) is 21.3 Å². The summed E-state index contributed by atoms with van der Waals surface area (Å²) in [6.07, 6.45) is 0. The molecule has 0 radical (unpaired) electrons. The van der Waals surface area contributed by atoms with E-state index in [1.54, 1.807) is 0 Å². The highest BCUT2D eigenvalue weighted by molar-refractivity contribution is 8.93. The lowest BCUT2D eigenvalue weighted by atomic mass is 10.1. The van der Waals surface area contributed by atoms with Crippen molar-refractivity contribution in [2.24, 2.45) is 0 Å². The first-order valence-electron chi connectivity index (χ1n) is 7.54. The van der Waals surface area contributed by atoms with Crippen molar-refractivity contribution in [2.75, 3.05) is 5.32 Å². The van der Waals surface area contributed by atoms with E-state index in [1.165, 1.54) is 23.5 Å². The van der Waals surface area contributed by atoms with Crippen LogP contribution in [0.5, 0.6) is 0 Å². The fourth-order valence-electron chi connectivity index (χ4n) is 2.64. The van der Waals surface area contributed by atoms with Gasteiger partial charge in [-0.3, -0.25) is 19.7 Å². The summed E-state index contributed by atoms with van der Waals surface area (Å²) in [4.78, 5) is 43.0. The third-order valence-corrected chi connectivity index (χ3v) is 4.83. The van der Waals surface area contributed by atoms with Crippen LogP contribution in [0.3, 0.4) is 0 Å². The number of fused-ring (bicyclic) bond motifs is 2. The number of hydrogen-bond acceptors (Lipinski definition) is 7. The van der Waals surface area contributed by atoms with Gasteiger partial charge in [0.05, 0.1) is 26.2 Å². The lowest BCUT2D eigenvalue weighted by Crippen LogP contribution is -2.29. The van der Waals surface area contributed by atoms with E-state index in [9.17, 15) is 19.7 Å². The molecule has 0 saturated heterocycles. The Hall–Kier alpha value is -3.05. The first kappa shape index (κ1) is 18.7. The topological polar surface area (TPSA) is 134 Å². The quantitative estimate of drug-likeness (QED) is 0.249. The largest absolute Gasteiger partial charge is 0.357 e. The van der Waals surface area contributed by atoms with Gasteiger partial charge in [-0.25, -0.2) is 4.98 Å². The van der Waals surface area contributed by atoms with Crippen molar-refractivity contribution >= 4 is 60.4 Å². The summed E-state index contributed by atoms with van der Waals surface area (Å²) in [5.74, 6) is 0. The Kier molecular flexibility index (Phi) is 5.06. The van der Waals surface area contributed by atoms with Crippen LogP contribution in [0, 0.1) is 10.1 Å². The fourth-order valence-corrected chi connectivity index (χ4v) is 3.51. The van der Waals surface area contributed by atoms with E-state index in [0.717, 1.165) is 10.2 Å². The lowest BCUT2D eigenvalue weighted by Gasteiger charge is -2.07. The summed E-state index contributed by atoms with van der Waals surface area (Å²) in [6.45, 7) is 0.194. The molecule has 9 nitrogen and oxygen atoms in total. The van der Waals surface area contributed by atoms with Crippen molar-refractivity contribution in [2.45, 2.75) is 6.54 Å². The Morgan fingerprint density at radius 3 is 2.63 bits per heavy atom. The zero-order valence-corrected chi connectivity index (χ0v) is 16.0. The van der Waals surface area contributed by atoms with Crippen LogP contribution in [0.15, 0.2) is 46.0 Å². The highest BCUT2D eigenvalue weighted by Gasteiger charge is 2.14. The van der Waals surface area contributed by atoms with Crippen LogP contribution in [0.4, 0.5) is 10.8 Å². The zero-order chi connectivity index (χ0) is 18.3. The number of H-pyrrole nitrogens is 2. The number of nitro benzene ring substituents is 1. The molecule has 2 aromatic carbocycles. The second-order valence-electron chi connectivity index (χ2n) is 5.53. The minimum Gasteiger partial charge on any atom is -0.357 e. The number of nitrogens with one attached hydrogen (secondary N) is 3. The van der Waals surface area contributed by atoms with E-state index in [4.69, 9.17) is 0 Å². The minimum atomic E-state index is -0.858. The van der Waals surface area contributed by atoms with E-state index in [0.29, 0.717) is 16.2 Å². The second kappa shape index (κ2) is 7.29. The number of thiazole rings is 1. The molecule has 0 fully saturated rings. The molecule has 11 heteroatoms. The second-order valence-corrected chi connectivity index (χ2v) is 6.56. The third kappa shape index (κ3) is 3.59. The average Bonchev–Trinajstić information content (AvgIpc) is 3.03. The molecule has 0 aliphatic heterocycles. The van der Waals surface area contributed by atoms with Crippen molar-refractivity contribution in [1.82, 2.24) is 15.0 Å². The molecule has 0 amide bonds. The first-order valence-corrected chi connectivity index (χ1v) is 8.36. The summed E-state index contributed by atoms with van der Waals surface area (Å²) in [5, 5.41) is 14.9. The van der Waals surface area contributed by atoms with Crippen LogP contribution in [-0.4, -0.2) is 19.9 Å². The minimum absolute atomic E-state index is 0. The number of aromatic nitrogens is 3. The van der Waals surface area contributed by atoms with Gasteiger partial charge in [0, 0.05) is 24.2 Å². The Bertz CT molecular complexity index is 1250. The van der Waals surface area contributed by atoms with Crippen LogP contribution >= 0.6 is 28.3 Å². The van der Waals surface area contributed by atoms with E-state index in [1.807, 2.05) is 24.3 Å². The smallest absolute Gasteiger partial charge is 0.314 e. The van der Waals surface area contributed by atoms with Gasteiger partial charge in [-0.1, -0.05) is 23.5 Å². The van der Waals surface area contributed by atoms with E-state index in [2.05, 4.69) is 20.3 Å². The standard InChI is InChI=1S/C16H11N5O4S.BrH/c22-14-15(23)20-13-8(5-9(21(24)25)6-11(13)18-14)7-17-16-19-10-3-1-2-4-12(10)26-16;/h1-6H,7H2,(H,17,19)(H,18,22)(H,20,23);1H. The summed E-state index contributed by atoms with van der Waals surface area (Å²) in [7, 11) is 0. The van der Waals surface area contributed by atoms with Gasteiger partial charge in [-0.2, -0.15) is 0 Å². The van der Waals surface area contributed by atoms with Gasteiger partial charge >= 0.3 is 11.1 Å². The predicted molar refractivity (Wildman–Crippen MR) is 109 cm³/mol. The van der Waals surface area contributed by atoms with Crippen LogP contribution in [0.2, 0.25) is 0 Å². The van der Waals surface area contributed by atoms with E-state index in [-0.39, 0.29) is 34.7 Å². The van der Waals surface area contributed by atoms with Gasteiger partial charge in [0.2, 0.25) is 0 Å². The Balaban J connectivity index is 0.00000210. The molecule has 0 bridgehead atoms. The van der Waals surface area contributed by atoms with Gasteiger partial charge in [0.25, 0.3) is 5.69 Å². The van der Waals surface area contributed by atoms with E-state index < -0.39 is 16.0 Å². The molecule has 2 heterocycles. The molecule has 4 rings (SSSR count). The molecule has 0 aliphatic carbocycles. The van der Waals surface area contributed by atoms with Crippen LogP contribution < -0.4 is 16.4 Å². The number of benzene rings is 2. The number of para-hydroxylation sites is 1. The molecule has 0 aliphatic rings. The van der Waals surface area contributed by atoms with Crippen molar-refractivity contribution in [3.63, 3.8) is 0 Å². The van der Waals surface area contributed by atoms with Gasteiger partial charge in [-0.05, 0) is 12.1 Å². The van der Waals surface area contributed by atoms with Gasteiger partial charge in [0.1, 0.15) is 0 Å². The summed E-state index contributed by atoms with van der Waals surface area (Å²) < 4.78 is 1.01. The molecular formula is C16H12BrN5O4S. The van der Waals surface area contributed by atoms with Gasteiger partial charge < -0.3 is 15.3 Å². The normalized spacial score (nSPS) is 10.7. The Morgan fingerprint density at radius 2 is 1.89 bits per heavy atom. The molecule has 2 aromatic heterocycles. The maximum Gasteiger partial charge on any atom is 0.314 e. The molecule has 0 saturated carbocycles. The fraction of sp³-hybridized carbons (Fsp3) is 0.0625. The van der Waals surface area contributed by atoms with Crippen molar-refractivity contribution in [1.29, 1.82) is 0 Å². The highest BCUT2D eigenvalue weighted by Crippen LogP contribution is 2.27.